The van der Waals surface area contributed by atoms with Crippen LogP contribution >= 0.6 is 0 Å². The van der Waals surface area contributed by atoms with Crippen molar-refractivity contribution in [1.29, 1.82) is 0 Å². The molecular weight excluding hydrogens is 177 g/mol. The van der Waals surface area contributed by atoms with E-state index in [-0.39, 0.29) is 5.82 Å². The highest BCUT2D eigenvalue weighted by atomic mass is 19.1. The van der Waals surface area contributed by atoms with Gasteiger partial charge in [0.25, 0.3) is 0 Å². The zero-order chi connectivity index (χ0) is 10.1. The van der Waals surface area contributed by atoms with Crippen molar-refractivity contribution in [3.05, 3.63) is 47.3 Å². The number of halogens is 1. The largest absolute Gasteiger partial charge is 0.326 e. The normalized spacial score (nSPS) is 10.8. The van der Waals surface area contributed by atoms with Crippen LogP contribution in [0.1, 0.15) is 11.1 Å². The highest BCUT2D eigenvalue weighted by molar-refractivity contribution is 5.86. The molecule has 2 aromatic rings. The van der Waals surface area contributed by atoms with E-state index >= 15 is 0 Å². The van der Waals surface area contributed by atoms with Crippen LogP contribution in [-0.4, -0.2) is 0 Å². The molecule has 14 heavy (non-hydrogen) atoms. The summed E-state index contributed by atoms with van der Waals surface area (Å²) in [6.45, 7) is 2.47. The summed E-state index contributed by atoms with van der Waals surface area (Å²) in [4.78, 5) is 0. The topological polar surface area (TPSA) is 26.0 Å². The van der Waals surface area contributed by atoms with Crippen LogP contribution in [0.2, 0.25) is 0 Å². The minimum atomic E-state index is -0.199. The molecule has 0 saturated carbocycles. The van der Waals surface area contributed by atoms with Crippen molar-refractivity contribution in [3.8, 4) is 0 Å². The SMILES string of the molecule is Cc1c(CN)ccc2ccc(F)cc12. The second kappa shape index (κ2) is 3.39. The highest BCUT2D eigenvalue weighted by Crippen LogP contribution is 2.22. The van der Waals surface area contributed by atoms with Crippen molar-refractivity contribution in [1.82, 2.24) is 0 Å². The molecule has 0 aliphatic rings. The van der Waals surface area contributed by atoms with E-state index in [4.69, 9.17) is 5.73 Å². The molecule has 0 aliphatic carbocycles. The van der Waals surface area contributed by atoms with Gasteiger partial charge in [-0.2, -0.15) is 0 Å². The van der Waals surface area contributed by atoms with E-state index in [9.17, 15) is 4.39 Å². The van der Waals surface area contributed by atoms with E-state index in [0.717, 1.165) is 21.9 Å². The molecule has 2 aromatic carbocycles. The maximum atomic E-state index is 13.0. The number of nitrogens with two attached hydrogens (primary N) is 1. The average Bonchev–Trinajstić information content (AvgIpc) is 2.20. The lowest BCUT2D eigenvalue weighted by atomic mass is 10.0. The Morgan fingerprint density at radius 3 is 2.64 bits per heavy atom. The Morgan fingerprint density at radius 1 is 1.21 bits per heavy atom. The van der Waals surface area contributed by atoms with Crippen LogP contribution in [0.15, 0.2) is 30.3 Å². The summed E-state index contributed by atoms with van der Waals surface area (Å²) in [5.74, 6) is -0.199. The van der Waals surface area contributed by atoms with Crippen molar-refractivity contribution in [2.45, 2.75) is 13.5 Å². The molecule has 0 amide bonds. The van der Waals surface area contributed by atoms with E-state index < -0.39 is 0 Å². The Hall–Kier alpha value is -1.41. The molecule has 0 aliphatic heterocycles. The van der Waals surface area contributed by atoms with E-state index in [1.165, 1.54) is 6.07 Å². The smallest absolute Gasteiger partial charge is 0.123 e. The van der Waals surface area contributed by atoms with Gasteiger partial charge in [0.05, 0.1) is 0 Å². The second-order valence-electron chi connectivity index (χ2n) is 3.42. The quantitative estimate of drug-likeness (QED) is 0.733. The van der Waals surface area contributed by atoms with Gasteiger partial charge >= 0.3 is 0 Å². The van der Waals surface area contributed by atoms with Crippen molar-refractivity contribution in [2.75, 3.05) is 0 Å². The molecule has 0 aromatic heterocycles. The van der Waals surface area contributed by atoms with Crippen LogP contribution in [0.3, 0.4) is 0 Å². The van der Waals surface area contributed by atoms with Crippen molar-refractivity contribution < 1.29 is 4.39 Å². The Bertz CT molecular complexity index is 477. The first-order valence-corrected chi connectivity index (χ1v) is 4.60. The predicted octanol–water partition coefficient (Wildman–Crippen LogP) is 2.75. The first-order valence-electron chi connectivity index (χ1n) is 4.60. The number of rotatable bonds is 1. The Kier molecular flexibility index (Phi) is 2.22. The van der Waals surface area contributed by atoms with Crippen LogP contribution in [0.4, 0.5) is 4.39 Å². The van der Waals surface area contributed by atoms with Crippen LogP contribution < -0.4 is 5.73 Å². The first-order chi connectivity index (χ1) is 6.72. The van der Waals surface area contributed by atoms with Gasteiger partial charge in [-0.25, -0.2) is 4.39 Å². The molecule has 0 atom stereocenters. The van der Waals surface area contributed by atoms with Crippen molar-refractivity contribution >= 4 is 10.8 Å². The fraction of sp³-hybridized carbons (Fsp3) is 0.167. The second-order valence-corrected chi connectivity index (χ2v) is 3.42. The molecular formula is C12H12FN. The summed E-state index contributed by atoms with van der Waals surface area (Å²) >= 11 is 0. The Balaban J connectivity index is 2.79. The predicted molar refractivity (Wildman–Crippen MR) is 56.5 cm³/mol. The summed E-state index contributed by atoms with van der Waals surface area (Å²) in [5, 5.41) is 2.01. The fourth-order valence-corrected chi connectivity index (χ4v) is 1.71. The van der Waals surface area contributed by atoms with Crippen LogP contribution in [-0.2, 0) is 6.54 Å². The summed E-state index contributed by atoms with van der Waals surface area (Å²) in [7, 11) is 0. The maximum Gasteiger partial charge on any atom is 0.123 e. The number of fused-ring (bicyclic) bond motifs is 1. The van der Waals surface area contributed by atoms with Gasteiger partial charge in [-0.05, 0) is 41.0 Å². The third-order valence-electron chi connectivity index (χ3n) is 2.59. The van der Waals surface area contributed by atoms with Gasteiger partial charge in [-0.1, -0.05) is 18.2 Å². The molecule has 0 saturated heterocycles. The summed E-state index contributed by atoms with van der Waals surface area (Å²) in [5.41, 5.74) is 7.73. The number of hydrogen-bond acceptors (Lipinski definition) is 1. The number of aryl methyl sites for hydroxylation is 1. The summed E-state index contributed by atoms with van der Waals surface area (Å²) in [6.07, 6.45) is 0. The van der Waals surface area contributed by atoms with Gasteiger partial charge in [-0.15, -0.1) is 0 Å². The molecule has 2 N–H and O–H groups in total. The highest BCUT2D eigenvalue weighted by Gasteiger charge is 2.02. The van der Waals surface area contributed by atoms with Gasteiger partial charge in [-0.3, -0.25) is 0 Å². The van der Waals surface area contributed by atoms with Crippen LogP contribution in [0.25, 0.3) is 10.8 Å². The molecule has 0 spiro atoms. The van der Waals surface area contributed by atoms with Gasteiger partial charge in [0.1, 0.15) is 5.82 Å². The van der Waals surface area contributed by atoms with E-state index in [2.05, 4.69) is 0 Å². The van der Waals surface area contributed by atoms with Gasteiger partial charge in [0.2, 0.25) is 0 Å². The minimum Gasteiger partial charge on any atom is -0.326 e. The minimum absolute atomic E-state index is 0.199. The third kappa shape index (κ3) is 1.38. The number of benzene rings is 2. The lowest BCUT2D eigenvalue weighted by molar-refractivity contribution is 0.629. The zero-order valence-corrected chi connectivity index (χ0v) is 8.05. The van der Waals surface area contributed by atoms with Crippen LogP contribution in [0.5, 0.6) is 0 Å². The molecule has 0 unspecified atom stereocenters. The molecule has 0 radical (unpaired) electrons. The summed E-state index contributed by atoms with van der Waals surface area (Å²) < 4.78 is 13.0. The molecule has 1 nitrogen and oxygen atoms in total. The van der Waals surface area contributed by atoms with E-state index in [0.29, 0.717) is 6.54 Å². The summed E-state index contributed by atoms with van der Waals surface area (Å²) in [6, 6.07) is 8.80. The van der Waals surface area contributed by atoms with Crippen molar-refractivity contribution in [3.63, 3.8) is 0 Å². The standard InChI is InChI=1S/C12H12FN/c1-8-10(7-14)3-2-9-4-5-11(13)6-12(8)9/h2-6H,7,14H2,1H3. The lowest BCUT2D eigenvalue weighted by Crippen LogP contribution is -1.99. The van der Waals surface area contributed by atoms with Crippen LogP contribution in [0, 0.1) is 12.7 Å². The monoisotopic (exact) mass is 189 g/mol. The third-order valence-corrected chi connectivity index (χ3v) is 2.59. The maximum absolute atomic E-state index is 13.0. The van der Waals surface area contributed by atoms with Gasteiger partial charge in [0.15, 0.2) is 0 Å². The molecule has 72 valence electrons. The molecule has 2 heteroatoms. The first kappa shape index (κ1) is 9.16. The Labute approximate surface area is 82.3 Å². The molecule has 0 bridgehead atoms. The van der Waals surface area contributed by atoms with Crippen molar-refractivity contribution in [2.24, 2.45) is 5.73 Å². The number of hydrogen-bond donors (Lipinski definition) is 1. The average molecular weight is 189 g/mol. The van der Waals surface area contributed by atoms with Gasteiger partial charge in [0, 0.05) is 6.54 Å². The molecule has 0 fully saturated rings. The zero-order valence-electron chi connectivity index (χ0n) is 8.05. The molecule has 0 heterocycles. The van der Waals surface area contributed by atoms with Gasteiger partial charge < -0.3 is 5.73 Å². The van der Waals surface area contributed by atoms with E-state index in [1.54, 1.807) is 12.1 Å². The lowest BCUT2D eigenvalue weighted by Gasteiger charge is -2.07. The Morgan fingerprint density at radius 2 is 1.93 bits per heavy atom. The fourth-order valence-electron chi connectivity index (χ4n) is 1.71. The molecule has 2 rings (SSSR count). The van der Waals surface area contributed by atoms with E-state index in [1.807, 2.05) is 19.1 Å².